The minimum absolute atomic E-state index is 0.350. The normalized spacial score (nSPS) is 20.1. The predicted molar refractivity (Wildman–Crippen MR) is 89.4 cm³/mol. The summed E-state index contributed by atoms with van der Waals surface area (Å²) in [5.41, 5.74) is -8.60. The smallest absolute Gasteiger partial charge is 0.382 e. The molecule has 1 N–H and O–H groups in total. The quantitative estimate of drug-likeness (QED) is 0.504. The van der Waals surface area contributed by atoms with Crippen molar-refractivity contribution in [3.8, 4) is 11.9 Å². The molecule has 0 saturated carbocycles. The standard InChI is InChI=1S/C17H11F8N3O2S/c18-10-2-1-8(5-9(10)15(19)20)28-6-12(31(30,27-7-26)17(23,24)25)13-11(28)3-4-16(21,22)14(13)29/h1-2,5-6,14-15,29H,3-4H2/t14-,31?/m0/s1. The van der Waals surface area contributed by atoms with Gasteiger partial charge in [-0.15, -0.1) is 4.36 Å². The molecule has 0 saturated heterocycles. The van der Waals surface area contributed by atoms with E-state index < -0.39 is 68.4 Å². The molecule has 1 heterocycles. The number of rotatable bonds is 3. The fourth-order valence-corrected chi connectivity index (χ4v) is 4.64. The second-order valence-electron chi connectivity index (χ2n) is 6.56. The van der Waals surface area contributed by atoms with Gasteiger partial charge in [-0.3, -0.25) is 0 Å². The number of halogens is 8. The molecule has 0 spiro atoms. The molecule has 0 fully saturated rings. The topological polar surface area (TPSA) is 78.4 Å². The van der Waals surface area contributed by atoms with Crippen LogP contribution in [0.3, 0.4) is 0 Å². The van der Waals surface area contributed by atoms with Gasteiger partial charge in [-0.05, 0) is 24.6 Å². The monoisotopic (exact) mass is 473 g/mol. The van der Waals surface area contributed by atoms with Gasteiger partial charge in [0.2, 0.25) is 6.19 Å². The number of nitrogens with zero attached hydrogens (tertiary/aromatic N) is 3. The van der Waals surface area contributed by atoms with Gasteiger partial charge in [0.25, 0.3) is 12.3 Å². The lowest BCUT2D eigenvalue weighted by atomic mass is 9.91. The lowest BCUT2D eigenvalue weighted by molar-refractivity contribution is -0.123. The van der Waals surface area contributed by atoms with E-state index in [1.54, 1.807) is 0 Å². The number of benzene rings is 1. The molecular weight excluding hydrogens is 462 g/mol. The summed E-state index contributed by atoms with van der Waals surface area (Å²) < 4.78 is 124. The van der Waals surface area contributed by atoms with Crippen LogP contribution in [0.2, 0.25) is 0 Å². The zero-order valence-electron chi connectivity index (χ0n) is 15.0. The maximum absolute atomic E-state index is 14.1. The third-order valence-electron chi connectivity index (χ3n) is 4.76. The summed E-state index contributed by atoms with van der Waals surface area (Å²) in [6.45, 7) is 0. The van der Waals surface area contributed by atoms with Gasteiger partial charge in [0.1, 0.15) is 11.9 Å². The Labute approximate surface area is 169 Å². The second-order valence-corrected chi connectivity index (χ2v) is 8.69. The number of nitriles is 1. The summed E-state index contributed by atoms with van der Waals surface area (Å²) in [6.07, 6.45) is -6.61. The highest BCUT2D eigenvalue weighted by Crippen LogP contribution is 2.48. The maximum Gasteiger partial charge on any atom is 0.484 e. The molecular formula is C17H11F8N3O2S. The first-order valence-electron chi connectivity index (χ1n) is 8.34. The van der Waals surface area contributed by atoms with Gasteiger partial charge >= 0.3 is 5.51 Å². The maximum atomic E-state index is 14.1. The van der Waals surface area contributed by atoms with Crippen LogP contribution in [0, 0.1) is 17.3 Å². The second kappa shape index (κ2) is 7.49. The van der Waals surface area contributed by atoms with Gasteiger partial charge in [-0.25, -0.2) is 26.2 Å². The van der Waals surface area contributed by atoms with E-state index in [4.69, 9.17) is 5.26 Å². The van der Waals surface area contributed by atoms with E-state index >= 15 is 0 Å². The zero-order chi connectivity index (χ0) is 23.4. The molecule has 5 nitrogen and oxygen atoms in total. The van der Waals surface area contributed by atoms with Crippen LogP contribution >= 0.6 is 0 Å². The van der Waals surface area contributed by atoms with Crippen molar-refractivity contribution in [1.82, 2.24) is 4.57 Å². The number of hydrogen-bond acceptors (Lipinski definition) is 4. The van der Waals surface area contributed by atoms with Crippen LogP contribution in [0.15, 0.2) is 33.7 Å². The molecule has 31 heavy (non-hydrogen) atoms. The van der Waals surface area contributed by atoms with Crippen molar-refractivity contribution in [3.05, 3.63) is 47.0 Å². The Balaban J connectivity index is 2.40. The predicted octanol–water partition coefficient (Wildman–Crippen LogP) is 5.00. The Bertz CT molecular complexity index is 1190. The molecule has 1 aliphatic rings. The Morgan fingerprint density at radius 2 is 1.97 bits per heavy atom. The first-order valence-corrected chi connectivity index (χ1v) is 9.85. The molecule has 0 amide bonds. The molecule has 1 unspecified atom stereocenters. The molecule has 1 aromatic carbocycles. The summed E-state index contributed by atoms with van der Waals surface area (Å²) >= 11 is 0. The van der Waals surface area contributed by atoms with Crippen LogP contribution in [0.4, 0.5) is 35.1 Å². The number of alkyl halides is 7. The Hall–Kier alpha value is -2.66. The van der Waals surface area contributed by atoms with E-state index in [1.165, 1.54) is 0 Å². The molecule has 2 atom stereocenters. The summed E-state index contributed by atoms with van der Waals surface area (Å²) in [6, 6.07) is 2.07. The third-order valence-corrected chi connectivity index (χ3v) is 6.64. The van der Waals surface area contributed by atoms with Crippen LogP contribution in [-0.2, 0) is 16.1 Å². The van der Waals surface area contributed by atoms with Crippen LogP contribution in [-0.4, -0.2) is 25.3 Å². The van der Waals surface area contributed by atoms with Crippen molar-refractivity contribution in [3.63, 3.8) is 0 Å². The van der Waals surface area contributed by atoms with E-state index in [-0.39, 0.29) is 11.4 Å². The molecule has 0 radical (unpaired) electrons. The lowest BCUT2D eigenvalue weighted by Gasteiger charge is -2.29. The summed E-state index contributed by atoms with van der Waals surface area (Å²) in [4.78, 5) is -1.40. The number of aromatic nitrogens is 1. The summed E-state index contributed by atoms with van der Waals surface area (Å²) in [7, 11) is -5.65. The highest BCUT2D eigenvalue weighted by molar-refractivity contribution is 7.94. The van der Waals surface area contributed by atoms with Gasteiger partial charge in [0.05, 0.1) is 10.5 Å². The molecule has 14 heteroatoms. The van der Waals surface area contributed by atoms with E-state index in [9.17, 15) is 44.4 Å². The van der Waals surface area contributed by atoms with Crippen molar-refractivity contribution in [2.45, 2.75) is 41.7 Å². The average molecular weight is 473 g/mol. The van der Waals surface area contributed by atoms with Crippen LogP contribution < -0.4 is 0 Å². The molecule has 168 valence electrons. The molecule has 1 aliphatic carbocycles. The highest BCUT2D eigenvalue weighted by atomic mass is 32.2. The fourth-order valence-electron chi connectivity index (χ4n) is 3.30. The zero-order valence-corrected chi connectivity index (χ0v) is 15.8. The fraction of sp³-hybridized carbons (Fsp3) is 0.353. The first kappa shape index (κ1) is 23.0. The van der Waals surface area contributed by atoms with E-state index in [0.717, 1.165) is 16.8 Å². The number of hydrogen-bond donors (Lipinski definition) is 1. The van der Waals surface area contributed by atoms with Crippen molar-refractivity contribution >= 4 is 9.73 Å². The lowest BCUT2D eigenvalue weighted by Crippen LogP contribution is -2.34. The molecule has 1 aromatic heterocycles. The Morgan fingerprint density at radius 1 is 1.32 bits per heavy atom. The van der Waals surface area contributed by atoms with E-state index in [1.807, 2.05) is 0 Å². The largest absolute Gasteiger partial charge is 0.484 e. The minimum Gasteiger partial charge on any atom is -0.382 e. The molecule has 3 rings (SSSR count). The average Bonchev–Trinajstić information content (AvgIpc) is 3.05. The van der Waals surface area contributed by atoms with Crippen LogP contribution in [0.1, 0.15) is 35.8 Å². The van der Waals surface area contributed by atoms with Crippen molar-refractivity contribution in [1.29, 1.82) is 5.26 Å². The number of aliphatic hydroxyl groups is 1. The molecule has 0 aliphatic heterocycles. The molecule has 2 aromatic rings. The van der Waals surface area contributed by atoms with Crippen molar-refractivity contribution in [2.24, 2.45) is 4.36 Å². The third kappa shape index (κ3) is 3.65. The first-order chi connectivity index (χ1) is 14.2. The van der Waals surface area contributed by atoms with Gasteiger partial charge < -0.3 is 9.67 Å². The van der Waals surface area contributed by atoms with Crippen molar-refractivity contribution < 1.29 is 44.4 Å². The highest BCUT2D eigenvalue weighted by Gasteiger charge is 2.52. The Kier molecular flexibility index (Phi) is 5.56. The van der Waals surface area contributed by atoms with Gasteiger partial charge in [0, 0.05) is 29.6 Å². The van der Waals surface area contributed by atoms with E-state index in [0.29, 0.717) is 18.3 Å². The SMILES string of the molecule is N#CN=S(=O)(c1cn(-c2ccc(F)c(C(F)F)c2)c2c1[C@H](O)C(F)(F)CC2)C(F)(F)F. The number of aliphatic hydroxyl groups excluding tert-OH is 1. The number of fused-ring (bicyclic) bond motifs is 1. The Morgan fingerprint density at radius 3 is 2.52 bits per heavy atom. The van der Waals surface area contributed by atoms with Crippen LogP contribution in [0.5, 0.6) is 0 Å². The summed E-state index contributed by atoms with van der Waals surface area (Å²) in [5, 5.41) is 18.7. The molecule has 0 bridgehead atoms. The summed E-state index contributed by atoms with van der Waals surface area (Å²) in [5.74, 6) is -5.21. The van der Waals surface area contributed by atoms with Gasteiger partial charge in [0.15, 0.2) is 9.73 Å². The van der Waals surface area contributed by atoms with Crippen molar-refractivity contribution in [2.75, 3.05) is 0 Å². The van der Waals surface area contributed by atoms with E-state index in [2.05, 4.69) is 4.36 Å². The van der Waals surface area contributed by atoms with Crippen LogP contribution in [0.25, 0.3) is 5.69 Å². The van der Waals surface area contributed by atoms with Gasteiger partial charge in [-0.1, -0.05) is 0 Å². The van der Waals surface area contributed by atoms with Gasteiger partial charge in [-0.2, -0.15) is 18.4 Å². The minimum atomic E-state index is -5.69.